The van der Waals surface area contributed by atoms with Crippen LogP contribution in [0.4, 0.5) is 0 Å². The van der Waals surface area contributed by atoms with Gasteiger partial charge < -0.3 is 14.2 Å². The lowest BCUT2D eigenvalue weighted by molar-refractivity contribution is -0.127. The predicted molar refractivity (Wildman–Crippen MR) is 131 cm³/mol. The molecule has 1 aliphatic heterocycles. The second-order valence-electron chi connectivity index (χ2n) is 8.64. The molecule has 5 rings (SSSR count). The summed E-state index contributed by atoms with van der Waals surface area (Å²) in [7, 11) is 0. The van der Waals surface area contributed by atoms with Gasteiger partial charge in [-0.05, 0) is 68.6 Å². The van der Waals surface area contributed by atoms with Crippen LogP contribution in [-0.4, -0.2) is 43.6 Å². The summed E-state index contributed by atoms with van der Waals surface area (Å²) in [5.74, 6) is 2.22. The monoisotopic (exact) mass is 481 g/mol. The first-order valence-electron chi connectivity index (χ1n) is 11.3. The van der Waals surface area contributed by atoms with Crippen LogP contribution in [0.5, 0.6) is 5.75 Å². The summed E-state index contributed by atoms with van der Waals surface area (Å²) in [5.41, 5.74) is 1.86. The molecule has 1 amide bonds. The number of aromatic nitrogens is 4. The van der Waals surface area contributed by atoms with Crippen LogP contribution in [-0.2, 0) is 11.4 Å². The Kier molecular flexibility index (Phi) is 6.41. The van der Waals surface area contributed by atoms with Gasteiger partial charge in [-0.15, -0.1) is 11.3 Å². The van der Waals surface area contributed by atoms with E-state index in [1.807, 2.05) is 47.5 Å². The van der Waals surface area contributed by atoms with Crippen molar-refractivity contribution in [1.29, 1.82) is 0 Å². The number of H-pyrrole nitrogens is 1. The molecule has 0 spiro atoms. The first-order valence-corrected chi connectivity index (χ1v) is 12.6. The molecule has 0 atom stereocenters. The molecule has 1 saturated carbocycles. The van der Waals surface area contributed by atoms with Crippen LogP contribution in [0.2, 0.25) is 0 Å². The van der Waals surface area contributed by atoms with Gasteiger partial charge >= 0.3 is 0 Å². The third kappa shape index (κ3) is 5.25. The fraction of sp³-hybridized carbons (Fsp3) is 0.417. The van der Waals surface area contributed by atoms with Crippen molar-refractivity contribution in [3.05, 3.63) is 62.6 Å². The molecule has 1 saturated heterocycles. The van der Waals surface area contributed by atoms with E-state index in [0.29, 0.717) is 18.6 Å². The van der Waals surface area contributed by atoms with Gasteiger partial charge in [-0.3, -0.25) is 9.89 Å². The molecule has 2 fully saturated rings. The van der Waals surface area contributed by atoms with Crippen molar-refractivity contribution in [1.82, 2.24) is 24.6 Å². The Morgan fingerprint density at radius 2 is 2.12 bits per heavy atom. The van der Waals surface area contributed by atoms with E-state index < -0.39 is 0 Å². The zero-order valence-electron chi connectivity index (χ0n) is 18.6. The Labute approximate surface area is 202 Å². The average molecular weight is 482 g/mol. The van der Waals surface area contributed by atoms with Gasteiger partial charge in [-0.25, -0.2) is 4.98 Å². The Bertz CT molecular complexity index is 1220. The van der Waals surface area contributed by atoms with Crippen molar-refractivity contribution in [2.45, 2.75) is 51.2 Å². The van der Waals surface area contributed by atoms with Gasteiger partial charge in [-0.1, -0.05) is 12.1 Å². The van der Waals surface area contributed by atoms with Crippen molar-refractivity contribution in [3.63, 3.8) is 0 Å². The van der Waals surface area contributed by atoms with Crippen molar-refractivity contribution in [3.8, 4) is 5.75 Å². The van der Waals surface area contributed by atoms with Gasteiger partial charge in [-0.2, -0.15) is 5.10 Å². The summed E-state index contributed by atoms with van der Waals surface area (Å²) in [5, 5.41) is 10.5. The second-order valence-corrected chi connectivity index (χ2v) is 10.1. The standard InChI is InChI=1S/C24H27N5O2S2/c1-16-25-19(15-33-16)14-31-21-4-2-3-17(13-21)5-8-22(30)28-11-9-18(10-12-28)23-26-27-24(32)29(23)20-6-7-20/h2-5,8,13,15,18,20H,6-7,9-12,14H2,1H3,(H,27,32). The molecule has 1 N–H and O–H groups in total. The number of ether oxygens (including phenoxy) is 1. The molecule has 7 nitrogen and oxygen atoms in total. The van der Waals surface area contributed by atoms with E-state index in [0.717, 1.165) is 58.5 Å². The Hall–Kier alpha value is -2.78. The quantitative estimate of drug-likeness (QED) is 0.378. The molecule has 172 valence electrons. The number of carbonyl (C=O) groups is 1. The number of hydrogen-bond donors (Lipinski definition) is 1. The average Bonchev–Trinajstić information content (AvgIpc) is 3.47. The summed E-state index contributed by atoms with van der Waals surface area (Å²) >= 11 is 7.03. The minimum Gasteiger partial charge on any atom is -0.487 e. The van der Waals surface area contributed by atoms with E-state index in [2.05, 4.69) is 19.7 Å². The number of nitrogens with one attached hydrogen (secondary N) is 1. The number of amides is 1. The molecule has 3 aromatic rings. The number of piperidine rings is 1. The molecule has 1 aliphatic carbocycles. The van der Waals surface area contributed by atoms with Crippen molar-refractivity contribution in [2.75, 3.05) is 13.1 Å². The number of aromatic amines is 1. The minimum atomic E-state index is 0.0405. The van der Waals surface area contributed by atoms with Crippen LogP contribution in [0.25, 0.3) is 6.08 Å². The number of benzene rings is 1. The minimum absolute atomic E-state index is 0.0405. The smallest absolute Gasteiger partial charge is 0.246 e. The van der Waals surface area contributed by atoms with Gasteiger partial charge in [0.2, 0.25) is 5.91 Å². The van der Waals surface area contributed by atoms with E-state index in [1.165, 1.54) is 12.8 Å². The van der Waals surface area contributed by atoms with Crippen LogP contribution in [0.3, 0.4) is 0 Å². The first kappa shape index (κ1) is 22.0. The molecule has 3 heterocycles. The highest BCUT2D eigenvalue weighted by Gasteiger charge is 2.32. The van der Waals surface area contributed by atoms with Crippen LogP contribution < -0.4 is 4.74 Å². The third-order valence-corrected chi connectivity index (χ3v) is 7.26. The second kappa shape index (κ2) is 9.61. The summed E-state index contributed by atoms with van der Waals surface area (Å²) < 4.78 is 8.77. The zero-order chi connectivity index (χ0) is 22.8. The molecule has 0 bridgehead atoms. The molecule has 0 unspecified atom stereocenters. The van der Waals surface area contributed by atoms with Crippen molar-refractivity contribution in [2.24, 2.45) is 0 Å². The topological polar surface area (TPSA) is 76.0 Å². The van der Waals surface area contributed by atoms with Crippen LogP contribution in [0, 0.1) is 11.7 Å². The highest BCUT2D eigenvalue weighted by molar-refractivity contribution is 7.71. The van der Waals surface area contributed by atoms with Crippen molar-refractivity contribution < 1.29 is 9.53 Å². The van der Waals surface area contributed by atoms with Crippen LogP contribution in [0.1, 0.15) is 59.7 Å². The number of carbonyl (C=O) groups excluding carboxylic acids is 1. The first-order chi connectivity index (χ1) is 16.1. The molecule has 0 radical (unpaired) electrons. The van der Waals surface area contributed by atoms with E-state index in [4.69, 9.17) is 17.0 Å². The molecule has 2 aromatic heterocycles. The van der Waals surface area contributed by atoms with E-state index in [-0.39, 0.29) is 5.91 Å². The lowest BCUT2D eigenvalue weighted by atomic mass is 9.95. The summed E-state index contributed by atoms with van der Waals surface area (Å²) in [4.78, 5) is 19.1. The number of rotatable bonds is 7. The van der Waals surface area contributed by atoms with Gasteiger partial charge in [0, 0.05) is 36.5 Å². The summed E-state index contributed by atoms with van der Waals surface area (Å²) in [6.07, 6.45) is 7.69. The molecule has 1 aromatic carbocycles. The lowest BCUT2D eigenvalue weighted by Crippen LogP contribution is -2.37. The van der Waals surface area contributed by atoms with Gasteiger partial charge in [0.1, 0.15) is 18.2 Å². The molecule has 9 heteroatoms. The summed E-state index contributed by atoms with van der Waals surface area (Å²) in [6, 6.07) is 8.27. The van der Waals surface area contributed by atoms with E-state index in [1.54, 1.807) is 17.4 Å². The Balaban J connectivity index is 1.15. The fourth-order valence-corrected chi connectivity index (χ4v) is 5.15. The van der Waals surface area contributed by atoms with E-state index >= 15 is 0 Å². The number of likely N-dealkylation sites (tertiary alicyclic amines) is 1. The van der Waals surface area contributed by atoms with Gasteiger partial charge in [0.25, 0.3) is 0 Å². The Morgan fingerprint density at radius 3 is 2.85 bits per heavy atom. The normalized spacial score (nSPS) is 17.1. The predicted octanol–water partition coefficient (Wildman–Crippen LogP) is 5.04. The Morgan fingerprint density at radius 1 is 1.30 bits per heavy atom. The van der Waals surface area contributed by atoms with Gasteiger partial charge in [0.05, 0.1) is 10.7 Å². The maximum atomic E-state index is 12.8. The molecular formula is C24H27N5O2S2. The summed E-state index contributed by atoms with van der Waals surface area (Å²) in [6.45, 7) is 3.88. The van der Waals surface area contributed by atoms with E-state index in [9.17, 15) is 4.79 Å². The molecule has 33 heavy (non-hydrogen) atoms. The number of aryl methyl sites for hydroxylation is 1. The van der Waals surface area contributed by atoms with Crippen LogP contribution >= 0.6 is 23.6 Å². The largest absolute Gasteiger partial charge is 0.487 e. The third-order valence-electron chi connectivity index (χ3n) is 6.15. The maximum Gasteiger partial charge on any atom is 0.246 e. The van der Waals surface area contributed by atoms with Gasteiger partial charge in [0.15, 0.2) is 4.77 Å². The molecular weight excluding hydrogens is 454 g/mol. The SMILES string of the molecule is Cc1nc(COc2cccc(C=CC(=O)N3CCC(c4n[nH]c(=S)n4C4CC4)CC3)c2)cs1. The maximum absolute atomic E-state index is 12.8. The zero-order valence-corrected chi connectivity index (χ0v) is 20.2. The van der Waals surface area contributed by atoms with Crippen molar-refractivity contribution >= 4 is 35.5 Å². The number of thiazole rings is 1. The number of nitrogens with zero attached hydrogens (tertiary/aromatic N) is 4. The molecule has 2 aliphatic rings. The highest BCUT2D eigenvalue weighted by atomic mass is 32.1. The lowest BCUT2D eigenvalue weighted by Gasteiger charge is -2.31. The highest BCUT2D eigenvalue weighted by Crippen LogP contribution is 2.39. The van der Waals surface area contributed by atoms with Crippen LogP contribution in [0.15, 0.2) is 35.7 Å². The number of hydrogen-bond acceptors (Lipinski definition) is 6. The fourth-order valence-electron chi connectivity index (χ4n) is 4.26.